The minimum Gasteiger partial charge on any atom is -0.378 e. The van der Waals surface area contributed by atoms with Crippen molar-refractivity contribution in [1.82, 2.24) is 9.97 Å². The van der Waals surface area contributed by atoms with Crippen LogP contribution in [0.4, 0.5) is 5.82 Å². The van der Waals surface area contributed by atoms with Crippen molar-refractivity contribution >= 4 is 27.4 Å². The van der Waals surface area contributed by atoms with E-state index in [-0.39, 0.29) is 0 Å². The van der Waals surface area contributed by atoms with Gasteiger partial charge in [-0.3, -0.25) is 0 Å². The Labute approximate surface area is 117 Å². The Balaban J connectivity index is 2.11. The molecule has 0 saturated carbocycles. The molecule has 0 N–H and O–H groups in total. The molecule has 1 aliphatic heterocycles. The number of nitrogens with zero attached hydrogens (tertiary/aromatic N) is 3. The van der Waals surface area contributed by atoms with Crippen LogP contribution in [0.1, 0.15) is 24.5 Å². The topological polar surface area (TPSA) is 38.2 Å². The second-order valence-corrected chi connectivity index (χ2v) is 5.82. The Morgan fingerprint density at radius 3 is 2.68 bits per heavy atom. The fourth-order valence-corrected chi connectivity index (χ4v) is 3.33. The zero-order chi connectivity index (χ0) is 13.2. The van der Waals surface area contributed by atoms with Gasteiger partial charge in [-0.05, 0) is 12.5 Å². The second kappa shape index (κ2) is 5.43. The first-order valence-electron chi connectivity index (χ1n) is 6.93. The van der Waals surface area contributed by atoms with E-state index in [0.717, 1.165) is 55.6 Å². The molecular weight excluding hydrogens is 258 g/mol. The smallest absolute Gasteiger partial charge is 0.141 e. The van der Waals surface area contributed by atoms with Crippen molar-refractivity contribution in [2.24, 2.45) is 0 Å². The fraction of sp³-hybridized carbons (Fsp3) is 0.571. The Hall–Kier alpha value is -1.20. The second-order valence-electron chi connectivity index (χ2n) is 4.70. The molecule has 0 spiro atoms. The molecule has 1 saturated heterocycles. The summed E-state index contributed by atoms with van der Waals surface area (Å²) in [5, 5.41) is 1.21. The molecule has 0 bridgehead atoms. The third kappa shape index (κ3) is 2.44. The third-order valence-corrected chi connectivity index (χ3v) is 4.62. The Kier molecular flexibility index (Phi) is 3.66. The standard InChI is InChI=1S/C14H19N3OS/c1-3-10-9-11-13(17-5-7-18-8-6-17)15-12(4-2)16-14(11)19-10/h9H,3-8H2,1-2H3. The van der Waals surface area contributed by atoms with Gasteiger partial charge in [0.2, 0.25) is 0 Å². The van der Waals surface area contributed by atoms with Gasteiger partial charge in [0.05, 0.1) is 18.6 Å². The first kappa shape index (κ1) is 12.8. The average molecular weight is 277 g/mol. The van der Waals surface area contributed by atoms with Gasteiger partial charge in [-0.15, -0.1) is 11.3 Å². The molecule has 0 radical (unpaired) electrons. The van der Waals surface area contributed by atoms with Crippen molar-refractivity contribution < 1.29 is 4.74 Å². The lowest BCUT2D eigenvalue weighted by Crippen LogP contribution is -2.37. The zero-order valence-corrected chi connectivity index (χ0v) is 12.3. The van der Waals surface area contributed by atoms with Gasteiger partial charge in [0.15, 0.2) is 0 Å². The van der Waals surface area contributed by atoms with Gasteiger partial charge < -0.3 is 9.64 Å². The molecule has 2 aromatic rings. The highest BCUT2D eigenvalue weighted by Gasteiger charge is 2.18. The summed E-state index contributed by atoms with van der Waals surface area (Å²) in [5.74, 6) is 2.04. The van der Waals surface area contributed by atoms with Gasteiger partial charge in [0.1, 0.15) is 16.5 Å². The SMILES string of the molecule is CCc1nc(N2CCOCC2)c2cc(CC)sc2n1. The quantitative estimate of drug-likeness (QED) is 0.864. The van der Waals surface area contributed by atoms with Crippen LogP contribution in [0, 0.1) is 0 Å². The number of hydrogen-bond acceptors (Lipinski definition) is 5. The van der Waals surface area contributed by atoms with Crippen LogP contribution in [0.2, 0.25) is 0 Å². The fourth-order valence-electron chi connectivity index (χ4n) is 2.35. The molecule has 0 atom stereocenters. The van der Waals surface area contributed by atoms with Crippen LogP contribution < -0.4 is 4.90 Å². The van der Waals surface area contributed by atoms with E-state index < -0.39 is 0 Å². The Morgan fingerprint density at radius 1 is 1.21 bits per heavy atom. The van der Waals surface area contributed by atoms with Crippen LogP contribution in [0.3, 0.4) is 0 Å². The van der Waals surface area contributed by atoms with E-state index in [1.165, 1.54) is 10.3 Å². The maximum atomic E-state index is 5.43. The molecule has 102 valence electrons. The van der Waals surface area contributed by atoms with Gasteiger partial charge in [-0.25, -0.2) is 9.97 Å². The summed E-state index contributed by atoms with van der Waals surface area (Å²) >= 11 is 1.80. The number of anilines is 1. The summed E-state index contributed by atoms with van der Waals surface area (Å²) in [6.07, 6.45) is 1.94. The number of rotatable bonds is 3. The zero-order valence-electron chi connectivity index (χ0n) is 11.5. The Bertz CT molecular complexity index is 575. The summed E-state index contributed by atoms with van der Waals surface area (Å²) in [7, 11) is 0. The highest BCUT2D eigenvalue weighted by Crippen LogP contribution is 2.31. The van der Waals surface area contributed by atoms with E-state index in [1.54, 1.807) is 11.3 Å². The molecule has 2 aromatic heterocycles. The predicted molar refractivity (Wildman–Crippen MR) is 79.2 cm³/mol. The summed E-state index contributed by atoms with van der Waals surface area (Å²) in [5.41, 5.74) is 0. The summed E-state index contributed by atoms with van der Waals surface area (Å²) in [4.78, 5) is 14.3. The van der Waals surface area contributed by atoms with Crippen molar-refractivity contribution in [3.05, 3.63) is 16.8 Å². The normalized spacial score (nSPS) is 16.2. The van der Waals surface area contributed by atoms with E-state index in [0.29, 0.717) is 0 Å². The van der Waals surface area contributed by atoms with Gasteiger partial charge in [-0.1, -0.05) is 13.8 Å². The van der Waals surface area contributed by atoms with Gasteiger partial charge in [0, 0.05) is 24.4 Å². The highest BCUT2D eigenvalue weighted by atomic mass is 32.1. The largest absolute Gasteiger partial charge is 0.378 e. The van der Waals surface area contributed by atoms with E-state index in [4.69, 9.17) is 9.72 Å². The maximum Gasteiger partial charge on any atom is 0.141 e. The summed E-state index contributed by atoms with van der Waals surface area (Å²) in [6.45, 7) is 7.72. The van der Waals surface area contributed by atoms with Crippen molar-refractivity contribution in [1.29, 1.82) is 0 Å². The van der Waals surface area contributed by atoms with Crippen molar-refractivity contribution in [3.8, 4) is 0 Å². The number of morpholine rings is 1. The van der Waals surface area contributed by atoms with Gasteiger partial charge in [0.25, 0.3) is 0 Å². The van der Waals surface area contributed by atoms with Crippen LogP contribution in [0.25, 0.3) is 10.2 Å². The average Bonchev–Trinajstić information content (AvgIpc) is 2.90. The predicted octanol–water partition coefficient (Wildman–Crippen LogP) is 2.65. The minimum absolute atomic E-state index is 0.789. The maximum absolute atomic E-state index is 5.43. The number of hydrogen-bond donors (Lipinski definition) is 0. The van der Waals surface area contributed by atoms with Crippen LogP contribution in [0.5, 0.6) is 0 Å². The highest BCUT2D eigenvalue weighted by molar-refractivity contribution is 7.18. The first-order valence-corrected chi connectivity index (χ1v) is 7.75. The molecule has 19 heavy (non-hydrogen) atoms. The van der Waals surface area contributed by atoms with Crippen LogP contribution in [-0.2, 0) is 17.6 Å². The van der Waals surface area contributed by atoms with Crippen LogP contribution in [-0.4, -0.2) is 36.3 Å². The minimum atomic E-state index is 0.789. The number of aromatic nitrogens is 2. The number of thiophene rings is 1. The molecule has 0 unspecified atom stereocenters. The number of ether oxygens (including phenoxy) is 1. The van der Waals surface area contributed by atoms with Gasteiger partial charge >= 0.3 is 0 Å². The molecular formula is C14H19N3OS. The van der Waals surface area contributed by atoms with Gasteiger partial charge in [-0.2, -0.15) is 0 Å². The molecule has 3 heterocycles. The van der Waals surface area contributed by atoms with Crippen LogP contribution >= 0.6 is 11.3 Å². The van der Waals surface area contributed by atoms with E-state index in [1.807, 2.05) is 0 Å². The monoisotopic (exact) mass is 277 g/mol. The van der Waals surface area contributed by atoms with E-state index >= 15 is 0 Å². The molecule has 0 aliphatic carbocycles. The van der Waals surface area contributed by atoms with Crippen molar-refractivity contribution in [2.45, 2.75) is 26.7 Å². The number of aryl methyl sites for hydroxylation is 2. The lowest BCUT2D eigenvalue weighted by atomic mass is 10.2. The van der Waals surface area contributed by atoms with Crippen LogP contribution in [0.15, 0.2) is 6.07 Å². The summed E-state index contributed by atoms with van der Waals surface area (Å²) in [6, 6.07) is 2.25. The molecule has 3 rings (SSSR count). The van der Waals surface area contributed by atoms with E-state index in [9.17, 15) is 0 Å². The lowest BCUT2D eigenvalue weighted by molar-refractivity contribution is 0.122. The summed E-state index contributed by atoms with van der Waals surface area (Å²) < 4.78 is 5.43. The lowest BCUT2D eigenvalue weighted by Gasteiger charge is -2.28. The molecule has 0 amide bonds. The Morgan fingerprint density at radius 2 is 2.00 bits per heavy atom. The number of fused-ring (bicyclic) bond motifs is 1. The molecule has 1 fully saturated rings. The molecule has 0 aromatic carbocycles. The van der Waals surface area contributed by atoms with Crippen molar-refractivity contribution in [3.63, 3.8) is 0 Å². The molecule has 4 nitrogen and oxygen atoms in total. The molecule has 5 heteroatoms. The van der Waals surface area contributed by atoms with Crippen molar-refractivity contribution in [2.75, 3.05) is 31.2 Å². The van der Waals surface area contributed by atoms with E-state index in [2.05, 4.69) is 29.8 Å². The first-order chi connectivity index (χ1) is 9.31. The third-order valence-electron chi connectivity index (χ3n) is 3.45. The molecule has 1 aliphatic rings.